The minimum absolute atomic E-state index is 0.242. The Balaban J connectivity index is 1.15. The van der Waals surface area contributed by atoms with Gasteiger partial charge in [0.15, 0.2) is 0 Å². The topological polar surface area (TPSA) is 55.5 Å². The molecule has 2 atom stereocenters. The van der Waals surface area contributed by atoms with E-state index in [0.717, 1.165) is 76.1 Å². The van der Waals surface area contributed by atoms with Gasteiger partial charge >= 0.3 is 0 Å². The van der Waals surface area contributed by atoms with Crippen LogP contribution in [0.2, 0.25) is 0 Å². The summed E-state index contributed by atoms with van der Waals surface area (Å²) in [6.45, 7) is 12.8. The first-order valence-electron chi connectivity index (χ1n) is 28.1. The molecule has 2 unspecified atom stereocenters. The number of rotatable bonds is 34. The summed E-state index contributed by atoms with van der Waals surface area (Å²) in [6.07, 6.45) is 34.4. The lowest BCUT2D eigenvalue weighted by molar-refractivity contribution is 0.304. The molecule has 2 aliphatic heterocycles. The molecule has 0 radical (unpaired) electrons. The van der Waals surface area contributed by atoms with Crippen LogP contribution < -0.4 is 9.47 Å². The molecule has 0 amide bonds. The Morgan fingerprint density at radius 2 is 0.930 bits per heavy atom. The fraction of sp³-hybridized carbons (Fsp3) is 0.540. The average Bonchev–Trinajstić information content (AvgIpc) is 4.15. The molecule has 0 saturated heterocycles. The smallest absolute Gasteiger partial charge is 0.121 e. The minimum atomic E-state index is -0.298. The molecule has 0 saturated carbocycles. The molecular weight excluding hydrogens is 927 g/mol. The average molecular weight is 1010 g/mol. The van der Waals surface area contributed by atoms with Gasteiger partial charge in [-0.1, -0.05) is 180 Å². The highest BCUT2D eigenvalue weighted by atomic mass is 32.1. The van der Waals surface area contributed by atoms with E-state index in [2.05, 4.69) is 120 Å². The zero-order valence-electron chi connectivity index (χ0n) is 44.2. The summed E-state index contributed by atoms with van der Waals surface area (Å²) < 4.78 is 13.0. The highest BCUT2D eigenvalue weighted by molar-refractivity contribution is 7.23. The van der Waals surface area contributed by atoms with Gasteiger partial charge < -0.3 is 9.47 Å². The quantitative estimate of drug-likeness (QED) is 0.0386. The van der Waals surface area contributed by atoms with Crippen LogP contribution in [0.25, 0.3) is 15.3 Å². The van der Waals surface area contributed by atoms with E-state index >= 15 is 0 Å². The second-order valence-electron chi connectivity index (χ2n) is 20.1. The van der Waals surface area contributed by atoms with Gasteiger partial charge in [-0.05, 0) is 99.7 Å². The molecule has 8 heteroatoms. The third-order valence-electron chi connectivity index (χ3n) is 14.2. The molecule has 0 fully saturated rings. The summed E-state index contributed by atoms with van der Waals surface area (Å²) in [5.74, 6) is 1.76. The van der Waals surface area contributed by atoms with Crippen molar-refractivity contribution < 1.29 is 9.47 Å². The second-order valence-corrected chi connectivity index (χ2v) is 23.8. The summed E-state index contributed by atoms with van der Waals surface area (Å²) in [5.41, 5.74) is 7.39. The fourth-order valence-electron chi connectivity index (χ4n) is 9.98. The Morgan fingerprint density at radius 3 is 1.46 bits per heavy atom. The van der Waals surface area contributed by atoms with Gasteiger partial charge in [-0.15, -0.1) is 34.0 Å². The lowest BCUT2D eigenvalue weighted by atomic mass is 9.88. The first kappa shape index (κ1) is 54.7. The largest absolute Gasteiger partial charge is 0.494 e. The predicted octanol–water partition coefficient (Wildman–Crippen LogP) is 19.5. The summed E-state index contributed by atoms with van der Waals surface area (Å²) >= 11 is 5.55. The van der Waals surface area contributed by atoms with Crippen molar-refractivity contribution in [2.45, 2.75) is 207 Å². The van der Waals surface area contributed by atoms with E-state index in [-0.39, 0.29) is 12.1 Å². The molecule has 5 nitrogen and oxygen atoms in total. The first-order valence-corrected chi connectivity index (χ1v) is 30.6. The molecule has 2 aromatic carbocycles. The van der Waals surface area contributed by atoms with Crippen LogP contribution >= 0.6 is 34.0 Å². The van der Waals surface area contributed by atoms with Gasteiger partial charge in [0.1, 0.15) is 23.6 Å². The zero-order valence-corrected chi connectivity index (χ0v) is 46.7. The van der Waals surface area contributed by atoms with Crippen molar-refractivity contribution in [1.29, 1.82) is 0 Å². The molecule has 382 valence electrons. The molecule has 71 heavy (non-hydrogen) atoms. The van der Waals surface area contributed by atoms with Crippen LogP contribution in [-0.2, 0) is 6.42 Å². The van der Waals surface area contributed by atoms with Gasteiger partial charge in [-0.25, -0.2) is 0 Å². The first-order chi connectivity index (χ1) is 34.9. The van der Waals surface area contributed by atoms with E-state index in [0.29, 0.717) is 6.61 Å². The Kier molecular flexibility index (Phi) is 23.2. The van der Waals surface area contributed by atoms with Crippen LogP contribution in [0.5, 0.6) is 11.5 Å². The fourth-order valence-corrected chi connectivity index (χ4v) is 13.1. The highest BCUT2D eigenvalue weighted by Crippen LogP contribution is 2.41. The Bertz CT molecular complexity index is 2480. The second kappa shape index (κ2) is 30.2. The maximum absolute atomic E-state index is 6.51. The standard InChI is InChI=1S/C63H85N3O2S3/c1-6-9-12-15-17-19-21-23-25-28-41-67-52-35-30-33-50(43-52)59-60(51-34-31-36-53(44-51)68-42-29-26-24-22-20-18-16-13-10-7-2)66-63-61(65-59)54(58-45-49(48(5)70-58)32-27-14-11-8-3)46-64-62(63)57-40-39-56(71-57)55-38-37-47(4)69-55/h30-31,33-40,43-46,61,63H,6-29,32,41-42H2,1-5H3. The molecular formula is C63H85N3O2S3. The number of aryl methyl sites for hydroxylation is 3. The molecule has 0 spiro atoms. The Hall–Kier alpha value is -4.11. The van der Waals surface area contributed by atoms with Crippen LogP contribution in [0.1, 0.15) is 211 Å². The number of thiophene rings is 3. The lowest BCUT2D eigenvalue weighted by Gasteiger charge is -2.32. The van der Waals surface area contributed by atoms with Gasteiger partial charge in [-0.2, -0.15) is 0 Å². The number of hydrogen-bond donors (Lipinski definition) is 0. The SMILES string of the molecule is CCCCCCCCCCCCOc1cccc(C2=NC3C(c4cc(CCCCCC)c(C)s4)=CN=C(c4ccc(-c5ccc(C)s5)s4)C3N=C2c2cccc(OCCCCCCCCCCCC)c2)c1. The monoisotopic (exact) mass is 1010 g/mol. The van der Waals surface area contributed by atoms with Gasteiger partial charge in [0.2, 0.25) is 0 Å². The minimum Gasteiger partial charge on any atom is -0.494 e. The summed E-state index contributed by atoms with van der Waals surface area (Å²) in [6, 6.07) is 28.0. The summed E-state index contributed by atoms with van der Waals surface area (Å²) in [5, 5.41) is 0. The van der Waals surface area contributed by atoms with Crippen LogP contribution in [0.4, 0.5) is 0 Å². The van der Waals surface area contributed by atoms with Crippen LogP contribution in [0.3, 0.4) is 0 Å². The van der Waals surface area contributed by atoms with Crippen molar-refractivity contribution >= 4 is 56.7 Å². The normalized spacial score (nSPS) is 15.6. The zero-order chi connectivity index (χ0) is 49.5. The molecule has 2 aliphatic rings. The maximum atomic E-state index is 6.51. The number of hydrogen-bond acceptors (Lipinski definition) is 8. The van der Waals surface area contributed by atoms with Crippen molar-refractivity contribution in [2.75, 3.05) is 13.2 Å². The van der Waals surface area contributed by atoms with Crippen LogP contribution in [-0.4, -0.2) is 42.4 Å². The van der Waals surface area contributed by atoms with E-state index in [1.807, 2.05) is 34.0 Å². The molecule has 5 aromatic rings. The van der Waals surface area contributed by atoms with E-state index in [4.69, 9.17) is 24.5 Å². The predicted molar refractivity (Wildman–Crippen MR) is 312 cm³/mol. The Labute approximate surface area is 441 Å². The van der Waals surface area contributed by atoms with Gasteiger partial charge in [0.05, 0.1) is 35.2 Å². The third kappa shape index (κ3) is 16.7. The maximum Gasteiger partial charge on any atom is 0.121 e. The van der Waals surface area contributed by atoms with Crippen molar-refractivity contribution in [3.05, 3.63) is 121 Å². The number of aliphatic imine (C=N–C) groups is 3. The molecule has 0 aliphatic carbocycles. The van der Waals surface area contributed by atoms with E-state index in [1.165, 1.54) is 171 Å². The number of nitrogens with zero attached hydrogens (tertiary/aromatic N) is 3. The molecule has 5 heterocycles. The van der Waals surface area contributed by atoms with Gasteiger partial charge in [-0.3, -0.25) is 15.0 Å². The van der Waals surface area contributed by atoms with E-state index < -0.39 is 0 Å². The number of benzene rings is 2. The van der Waals surface area contributed by atoms with Crippen LogP contribution in [0.15, 0.2) is 100 Å². The van der Waals surface area contributed by atoms with Gasteiger partial charge in [0, 0.05) is 47.3 Å². The number of unbranched alkanes of at least 4 members (excludes halogenated alkanes) is 21. The van der Waals surface area contributed by atoms with Crippen molar-refractivity contribution in [1.82, 2.24) is 0 Å². The lowest BCUT2D eigenvalue weighted by Crippen LogP contribution is -2.41. The van der Waals surface area contributed by atoms with E-state index in [1.54, 1.807) is 0 Å². The molecule has 3 aromatic heterocycles. The molecule has 7 rings (SSSR count). The molecule has 0 bridgehead atoms. The Morgan fingerprint density at radius 1 is 0.451 bits per heavy atom. The third-order valence-corrected chi connectivity index (χ3v) is 17.6. The highest BCUT2D eigenvalue weighted by Gasteiger charge is 2.39. The number of fused-ring (bicyclic) bond motifs is 1. The van der Waals surface area contributed by atoms with Gasteiger partial charge in [0.25, 0.3) is 0 Å². The number of ether oxygens (including phenoxy) is 2. The van der Waals surface area contributed by atoms with E-state index in [9.17, 15) is 0 Å². The summed E-state index contributed by atoms with van der Waals surface area (Å²) in [4.78, 5) is 24.8. The van der Waals surface area contributed by atoms with Crippen molar-refractivity contribution in [2.24, 2.45) is 15.0 Å². The molecule has 0 N–H and O–H groups in total. The van der Waals surface area contributed by atoms with Crippen molar-refractivity contribution in [3.8, 4) is 21.3 Å². The van der Waals surface area contributed by atoms with Crippen molar-refractivity contribution in [3.63, 3.8) is 0 Å². The van der Waals surface area contributed by atoms with Crippen LogP contribution in [0, 0.1) is 13.8 Å². The summed E-state index contributed by atoms with van der Waals surface area (Å²) in [7, 11) is 0.